The molecule has 78 valence electrons. The van der Waals surface area contributed by atoms with Gasteiger partial charge in [-0.3, -0.25) is 4.79 Å². The third-order valence-electron chi connectivity index (χ3n) is 1.71. The van der Waals surface area contributed by atoms with Crippen LogP contribution in [0.15, 0.2) is 30.3 Å². The van der Waals surface area contributed by atoms with Gasteiger partial charge in [-0.1, -0.05) is 30.3 Å². The van der Waals surface area contributed by atoms with Gasteiger partial charge in [0, 0.05) is 0 Å². The van der Waals surface area contributed by atoms with Gasteiger partial charge in [-0.15, -0.1) is 11.6 Å². The molecule has 0 bridgehead atoms. The van der Waals surface area contributed by atoms with Crippen LogP contribution < -0.4 is 6.15 Å². The van der Waals surface area contributed by atoms with Crippen LogP contribution in [-0.4, -0.2) is 18.5 Å². The zero-order valence-corrected chi connectivity index (χ0v) is 8.83. The number of alkyl halides is 1. The number of hydrogen-bond donors (Lipinski definition) is 1. The maximum Gasteiger partial charge on any atom is 0.324 e. The van der Waals surface area contributed by atoms with Crippen LogP contribution in [-0.2, 0) is 16.0 Å². The molecule has 1 rings (SSSR count). The van der Waals surface area contributed by atoms with Crippen LogP contribution in [0.5, 0.6) is 0 Å². The van der Waals surface area contributed by atoms with E-state index in [9.17, 15) is 4.79 Å². The van der Waals surface area contributed by atoms with Crippen molar-refractivity contribution < 1.29 is 9.53 Å². The Morgan fingerprint density at radius 2 is 2.00 bits per heavy atom. The molecule has 0 fully saturated rings. The number of halogens is 1. The Kier molecular flexibility index (Phi) is 5.92. The summed E-state index contributed by atoms with van der Waals surface area (Å²) in [5.74, 6) is -0.384. The Morgan fingerprint density at radius 1 is 1.43 bits per heavy atom. The molecule has 0 aromatic heterocycles. The van der Waals surface area contributed by atoms with Gasteiger partial charge in [0.05, 0.1) is 7.11 Å². The van der Waals surface area contributed by atoms with Gasteiger partial charge in [0.2, 0.25) is 0 Å². The smallest absolute Gasteiger partial charge is 0.324 e. The monoisotopic (exact) mass is 215 g/mol. The lowest BCUT2D eigenvalue weighted by Crippen LogP contribution is -2.18. The quantitative estimate of drug-likeness (QED) is 0.621. The lowest BCUT2D eigenvalue weighted by Gasteiger charge is -2.06. The first-order valence-electron chi connectivity index (χ1n) is 4.00. The minimum atomic E-state index is -0.590. The van der Waals surface area contributed by atoms with Gasteiger partial charge in [-0.25, -0.2) is 0 Å². The molecule has 0 aliphatic rings. The third-order valence-corrected chi connectivity index (χ3v) is 2.05. The molecule has 1 aromatic rings. The largest absolute Gasteiger partial charge is 0.468 e. The van der Waals surface area contributed by atoms with Crippen LogP contribution in [0.2, 0.25) is 0 Å². The van der Waals surface area contributed by atoms with E-state index in [0.717, 1.165) is 5.56 Å². The number of esters is 1. The number of carbonyl (C=O) groups excluding carboxylic acids is 1. The average molecular weight is 216 g/mol. The summed E-state index contributed by atoms with van der Waals surface area (Å²) in [5.41, 5.74) is 1.04. The summed E-state index contributed by atoms with van der Waals surface area (Å²) < 4.78 is 4.51. The van der Waals surface area contributed by atoms with Gasteiger partial charge in [0.1, 0.15) is 5.38 Å². The van der Waals surface area contributed by atoms with Crippen LogP contribution in [0.3, 0.4) is 0 Å². The first-order valence-corrected chi connectivity index (χ1v) is 4.43. The maximum absolute atomic E-state index is 11.0. The topological polar surface area (TPSA) is 61.3 Å². The molecule has 0 saturated carbocycles. The van der Waals surface area contributed by atoms with E-state index >= 15 is 0 Å². The van der Waals surface area contributed by atoms with Gasteiger partial charge in [0.15, 0.2) is 0 Å². The van der Waals surface area contributed by atoms with Gasteiger partial charge in [-0.05, 0) is 12.0 Å². The van der Waals surface area contributed by atoms with Crippen molar-refractivity contribution in [2.75, 3.05) is 7.11 Å². The minimum absolute atomic E-state index is 0. The highest BCUT2D eigenvalue weighted by molar-refractivity contribution is 6.30. The van der Waals surface area contributed by atoms with E-state index in [1.807, 2.05) is 30.3 Å². The lowest BCUT2D eigenvalue weighted by atomic mass is 10.1. The molecule has 14 heavy (non-hydrogen) atoms. The van der Waals surface area contributed by atoms with Gasteiger partial charge in [-0.2, -0.15) is 0 Å². The second-order valence-corrected chi connectivity index (χ2v) is 3.21. The molecule has 3 N–H and O–H groups in total. The zero-order valence-electron chi connectivity index (χ0n) is 8.07. The Hall–Kier alpha value is -1.06. The van der Waals surface area contributed by atoms with E-state index in [1.165, 1.54) is 7.11 Å². The molecule has 1 aromatic carbocycles. The Bertz CT molecular complexity index is 277. The summed E-state index contributed by atoms with van der Waals surface area (Å²) in [7, 11) is 1.34. The molecule has 0 aliphatic carbocycles. The molecule has 0 radical (unpaired) electrons. The number of carbonyl (C=O) groups is 1. The average Bonchev–Trinajstić information content (AvgIpc) is 2.18. The van der Waals surface area contributed by atoms with Crippen LogP contribution >= 0.6 is 11.6 Å². The normalized spacial score (nSPS) is 11.3. The predicted octanol–water partition coefficient (Wildman–Crippen LogP) is 2.17. The molecule has 3 nitrogen and oxygen atoms in total. The lowest BCUT2D eigenvalue weighted by molar-refractivity contribution is -0.140. The number of benzene rings is 1. The van der Waals surface area contributed by atoms with Gasteiger partial charge >= 0.3 is 5.97 Å². The number of methoxy groups -OCH3 is 1. The zero-order chi connectivity index (χ0) is 9.68. The second-order valence-electron chi connectivity index (χ2n) is 2.68. The maximum atomic E-state index is 11.0. The SMILES string of the molecule is COC(=O)[C@H](Cl)Cc1ccccc1.N. The Labute approximate surface area is 88.6 Å². The van der Waals surface area contributed by atoms with Crippen molar-refractivity contribution in [3.05, 3.63) is 35.9 Å². The summed E-state index contributed by atoms with van der Waals surface area (Å²) in [6.07, 6.45) is 0.509. The van der Waals surface area contributed by atoms with E-state index in [4.69, 9.17) is 11.6 Å². The second kappa shape index (κ2) is 6.40. The molecule has 0 saturated heterocycles. The number of ether oxygens (including phenoxy) is 1. The number of hydrogen-bond acceptors (Lipinski definition) is 3. The van der Waals surface area contributed by atoms with Crippen molar-refractivity contribution in [1.82, 2.24) is 6.15 Å². The fourth-order valence-corrected chi connectivity index (χ4v) is 1.30. The van der Waals surface area contributed by atoms with E-state index in [-0.39, 0.29) is 12.1 Å². The number of rotatable bonds is 3. The fourth-order valence-electron chi connectivity index (χ4n) is 1.03. The van der Waals surface area contributed by atoms with Crippen LogP contribution in [0.4, 0.5) is 0 Å². The van der Waals surface area contributed by atoms with Crippen molar-refractivity contribution in [2.45, 2.75) is 11.8 Å². The molecule has 0 unspecified atom stereocenters. The highest BCUT2D eigenvalue weighted by atomic mass is 35.5. The summed E-state index contributed by atoms with van der Waals surface area (Å²) in [6, 6.07) is 9.61. The molecule has 0 aliphatic heterocycles. The summed E-state index contributed by atoms with van der Waals surface area (Å²) in [4.78, 5) is 11.0. The van der Waals surface area contributed by atoms with E-state index in [1.54, 1.807) is 0 Å². The highest BCUT2D eigenvalue weighted by Crippen LogP contribution is 2.08. The molecular weight excluding hydrogens is 202 g/mol. The molecule has 4 heteroatoms. The third kappa shape index (κ3) is 3.77. The molecule has 0 spiro atoms. The first kappa shape index (κ1) is 12.9. The summed E-state index contributed by atoms with van der Waals surface area (Å²) in [5, 5.41) is -0.590. The van der Waals surface area contributed by atoms with Gasteiger partial charge in [0.25, 0.3) is 0 Å². The minimum Gasteiger partial charge on any atom is -0.468 e. The van der Waals surface area contributed by atoms with E-state index in [0.29, 0.717) is 6.42 Å². The van der Waals surface area contributed by atoms with Crippen molar-refractivity contribution in [2.24, 2.45) is 0 Å². The Balaban J connectivity index is 0.00000169. The van der Waals surface area contributed by atoms with E-state index < -0.39 is 5.38 Å². The summed E-state index contributed by atoms with van der Waals surface area (Å²) in [6.45, 7) is 0. The van der Waals surface area contributed by atoms with E-state index in [2.05, 4.69) is 4.74 Å². The van der Waals surface area contributed by atoms with Crippen molar-refractivity contribution in [1.29, 1.82) is 0 Å². The molecule has 1 atom stereocenters. The van der Waals surface area contributed by atoms with Gasteiger partial charge < -0.3 is 10.9 Å². The first-order chi connectivity index (χ1) is 6.24. The van der Waals surface area contributed by atoms with Crippen LogP contribution in [0.1, 0.15) is 5.56 Å². The molecular formula is C10H14ClNO2. The van der Waals surface area contributed by atoms with Crippen LogP contribution in [0, 0.1) is 0 Å². The highest BCUT2D eigenvalue weighted by Gasteiger charge is 2.15. The van der Waals surface area contributed by atoms with Crippen molar-refractivity contribution in [3.8, 4) is 0 Å². The Morgan fingerprint density at radius 3 is 2.50 bits per heavy atom. The molecule has 0 amide bonds. The molecule has 0 heterocycles. The fraction of sp³-hybridized carbons (Fsp3) is 0.300. The standard InChI is InChI=1S/C10H11ClO2.H3N/c1-13-10(12)9(11)7-8-5-3-2-4-6-8;/h2-6,9H,7H2,1H3;1H3/t9-;/m1./s1. The van der Waals surface area contributed by atoms with Crippen molar-refractivity contribution in [3.63, 3.8) is 0 Å². The van der Waals surface area contributed by atoms with Crippen LogP contribution in [0.25, 0.3) is 0 Å². The van der Waals surface area contributed by atoms with Crippen molar-refractivity contribution >= 4 is 17.6 Å². The summed E-state index contributed by atoms with van der Waals surface area (Å²) >= 11 is 5.79. The predicted molar refractivity (Wildman–Crippen MR) is 56.8 cm³/mol.